The van der Waals surface area contributed by atoms with Gasteiger partial charge in [-0.3, -0.25) is 9.79 Å². The van der Waals surface area contributed by atoms with E-state index < -0.39 is 47.3 Å². The Morgan fingerprint density at radius 2 is 1.82 bits per heavy atom. The molecule has 0 fully saturated rings. The number of halogens is 8. The van der Waals surface area contributed by atoms with Crippen molar-refractivity contribution in [3.63, 3.8) is 0 Å². The van der Waals surface area contributed by atoms with Gasteiger partial charge in [0.15, 0.2) is 5.69 Å². The molecule has 0 saturated heterocycles. The van der Waals surface area contributed by atoms with Gasteiger partial charge < -0.3 is 5.73 Å². The first-order valence-electron chi connectivity index (χ1n) is 7.03. The number of nitrogens with zero attached hydrogens (tertiary/aromatic N) is 4. The fraction of sp³-hybridized carbons (Fsp3) is 0.385. The zero-order valence-electron chi connectivity index (χ0n) is 13.6. The molecular weight excluding hydrogens is 426 g/mol. The standard InChI is InChI=1S/C13H9F8N5OS/c1-5-25-26-9(27)7(8(12(16,17)18)24-10(26)28-5)6(22)2-3-23-4-11(14,15)13(19,20)21/h2-3H,4,22H2,1H3/b6-2-,23-3?. The molecule has 0 aliphatic rings. The van der Waals surface area contributed by atoms with Crippen LogP contribution in [0.25, 0.3) is 10.7 Å². The summed E-state index contributed by atoms with van der Waals surface area (Å²) in [7, 11) is 0. The minimum atomic E-state index is -5.85. The molecule has 154 valence electrons. The van der Waals surface area contributed by atoms with Crippen molar-refractivity contribution >= 4 is 28.2 Å². The molecule has 15 heteroatoms. The summed E-state index contributed by atoms with van der Waals surface area (Å²) in [5.74, 6) is -5.14. The summed E-state index contributed by atoms with van der Waals surface area (Å²) in [5, 5.41) is 3.92. The van der Waals surface area contributed by atoms with Gasteiger partial charge in [-0.25, -0.2) is 4.98 Å². The molecule has 2 N–H and O–H groups in total. The van der Waals surface area contributed by atoms with Crippen LogP contribution in [0.4, 0.5) is 35.1 Å². The molecule has 0 bridgehead atoms. The van der Waals surface area contributed by atoms with E-state index in [9.17, 15) is 39.9 Å². The molecule has 2 rings (SSSR count). The van der Waals surface area contributed by atoms with Crippen molar-refractivity contribution in [1.29, 1.82) is 0 Å². The average Bonchev–Trinajstić information content (AvgIpc) is 2.90. The lowest BCUT2D eigenvalue weighted by molar-refractivity contribution is -0.276. The summed E-state index contributed by atoms with van der Waals surface area (Å²) in [5.41, 5.74) is 0.452. The molecular formula is C13H9F8N5OS. The molecule has 2 aromatic heterocycles. The van der Waals surface area contributed by atoms with Crippen LogP contribution < -0.4 is 11.3 Å². The molecule has 0 aliphatic heterocycles. The summed E-state index contributed by atoms with van der Waals surface area (Å²) >= 11 is 0.708. The highest BCUT2D eigenvalue weighted by molar-refractivity contribution is 7.16. The van der Waals surface area contributed by atoms with Crippen LogP contribution in [0.2, 0.25) is 0 Å². The first kappa shape index (κ1) is 21.7. The Hall–Kier alpha value is -2.58. The van der Waals surface area contributed by atoms with E-state index in [1.807, 2.05) is 0 Å². The summed E-state index contributed by atoms with van der Waals surface area (Å²) in [6, 6.07) is 0. The quantitative estimate of drug-likeness (QED) is 0.591. The van der Waals surface area contributed by atoms with Crippen molar-refractivity contribution in [3.8, 4) is 0 Å². The first-order valence-corrected chi connectivity index (χ1v) is 7.85. The van der Waals surface area contributed by atoms with Crippen molar-refractivity contribution in [2.75, 3.05) is 6.54 Å². The van der Waals surface area contributed by atoms with E-state index in [4.69, 9.17) is 5.73 Å². The van der Waals surface area contributed by atoms with Crippen molar-refractivity contribution in [2.24, 2.45) is 10.7 Å². The molecule has 0 amide bonds. The molecule has 2 heterocycles. The van der Waals surface area contributed by atoms with Crippen molar-refractivity contribution < 1.29 is 35.1 Å². The predicted octanol–water partition coefficient (Wildman–Crippen LogP) is 3.05. The largest absolute Gasteiger partial charge is 0.455 e. The Labute approximate surface area is 154 Å². The predicted molar refractivity (Wildman–Crippen MR) is 83.4 cm³/mol. The second-order valence-corrected chi connectivity index (χ2v) is 6.43. The van der Waals surface area contributed by atoms with Crippen molar-refractivity contribution in [2.45, 2.75) is 25.2 Å². The van der Waals surface area contributed by atoms with E-state index in [0.717, 1.165) is 0 Å². The van der Waals surface area contributed by atoms with Gasteiger partial charge in [0.25, 0.3) is 5.56 Å². The van der Waals surface area contributed by atoms with Crippen LogP contribution in [0.5, 0.6) is 0 Å². The lowest BCUT2D eigenvalue weighted by Gasteiger charge is -2.16. The Morgan fingerprint density at radius 3 is 2.36 bits per heavy atom. The summed E-state index contributed by atoms with van der Waals surface area (Å²) in [4.78, 5) is 18.0. The van der Waals surface area contributed by atoms with E-state index in [2.05, 4.69) is 15.1 Å². The van der Waals surface area contributed by atoms with Gasteiger partial charge in [0.1, 0.15) is 11.6 Å². The number of aliphatic imine (C=N–C) groups is 1. The van der Waals surface area contributed by atoms with E-state index in [1.54, 1.807) is 0 Å². The Bertz CT molecular complexity index is 1000. The molecule has 0 aromatic carbocycles. The topological polar surface area (TPSA) is 85.6 Å². The van der Waals surface area contributed by atoms with Crippen LogP contribution >= 0.6 is 11.3 Å². The second-order valence-electron chi connectivity index (χ2n) is 5.27. The van der Waals surface area contributed by atoms with Gasteiger partial charge in [-0.2, -0.15) is 44.7 Å². The number of alkyl halides is 8. The number of aromatic nitrogens is 3. The second kappa shape index (κ2) is 7.10. The molecule has 28 heavy (non-hydrogen) atoms. The average molecular weight is 435 g/mol. The van der Waals surface area contributed by atoms with Gasteiger partial charge in [-0.1, -0.05) is 11.3 Å². The zero-order valence-corrected chi connectivity index (χ0v) is 14.4. The monoisotopic (exact) mass is 435 g/mol. The number of hydrogen-bond acceptors (Lipinski definition) is 6. The molecule has 0 saturated carbocycles. The van der Waals surface area contributed by atoms with E-state index in [-0.39, 0.29) is 9.97 Å². The zero-order chi connectivity index (χ0) is 21.5. The van der Waals surface area contributed by atoms with Crippen LogP contribution in [0.15, 0.2) is 15.9 Å². The molecule has 0 aliphatic carbocycles. The molecule has 0 unspecified atom stereocenters. The summed E-state index contributed by atoms with van der Waals surface area (Å²) < 4.78 is 102. The number of fused-ring (bicyclic) bond motifs is 1. The van der Waals surface area contributed by atoms with Crippen molar-refractivity contribution in [3.05, 3.63) is 32.7 Å². The minimum Gasteiger partial charge on any atom is -0.398 e. The van der Waals surface area contributed by atoms with Crippen LogP contribution in [-0.2, 0) is 6.18 Å². The van der Waals surface area contributed by atoms with E-state index in [0.29, 0.717) is 28.1 Å². The Balaban J connectivity index is 2.48. The maximum absolute atomic E-state index is 13.2. The van der Waals surface area contributed by atoms with Crippen molar-refractivity contribution in [1.82, 2.24) is 14.6 Å². The Kier molecular flexibility index (Phi) is 5.51. The smallest absolute Gasteiger partial charge is 0.398 e. The number of nitrogens with two attached hydrogens (primary N) is 1. The lowest BCUT2D eigenvalue weighted by atomic mass is 10.1. The normalized spacial score (nSPS) is 14.4. The Morgan fingerprint density at radius 1 is 1.21 bits per heavy atom. The third-order valence-corrected chi connectivity index (χ3v) is 3.96. The van der Waals surface area contributed by atoms with Gasteiger partial charge in [0.2, 0.25) is 4.96 Å². The third kappa shape index (κ3) is 4.28. The fourth-order valence-electron chi connectivity index (χ4n) is 1.88. The number of aryl methyl sites for hydroxylation is 1. The first-order chi connectivity index (χ1) is 12.6. The third-order valence-electron chi connectivity index (χ3n) is 3.13. The highest BCUT2D eigenvalue weighted by Gasteiger charge is 2.57. The van der Waals surface area contributed by atoms with Crippen LogP contribution in [0, 0.1) is 6.92 Å². The number of hydrogen-bond donors (Lipinski definition) is 1. The van der Waals surface area contributed by atoms with Crippen LogP contribution in [0.3, 0.4) is 0 Å². The maximum atomic E-state index is 13.2. The van der Waals surface area contributed by atoms with Gasteiger partial charge in [-0.05, 0) is 13.0 Å². The van der Waals surface area contributed by atoms with Gasteiger partial charge in [-0.15, -0.1) is 0 Å². The number of allylic oxidation sites excluding steroid dienone is 1. The number of rotatable bonds is 4. The highest BCUT2D eigenvalue weighted by Crippen LogP contribution is 2.35. The molecule has 0 radical (unpaired) electrons. The highest BCUT2D eigenvalue weighted by atomic mass is 32.1. The molecule has 0 atom stereocenters. The molecule has 0 spiro atoms. The van der Waals surface area contributed by atoms with Crippen LogP contribution in [0.1, 0.15) is 16.3 Å². The van der Waals surface area contributed by atoms with E-state index in [1.165, 1.54) is 6.92 Å². The molecule has 6 nitrogen and oxygen atoms in total. The SMILES string of the molecule is Cc1nn2c(=O)c(/C(N)=C/C=NCC(F)(F)C(F)(F)F)c(C(F)(F)F)nc2s1. The lowest BCUT2D eigenvalue weighted by Crippen LogP contribution is -2.39. The van der Waals surface area contributed by atoms with Gasteiger partial charge in [0, 0.05) is 11.9 Å². The van der Waals surface area contributed by atoms with E-state index >= 15 is 0 Å². The summed E-state index contributed by atoms with van der Waals surface area (Å²) in [6.45, 7) is -0.591. The minimum absolute atomic E-state index is 0.230. The van der Waals surface area contributed by atoms with Crippen LogP contribution in [-0.4, -0.2) is 39.5 Å². The summed E-state index contributed by atoms with van der Waals surface area (Å²) in [6.07, 6.45) is -10.1. The van der Waals surface area contributed by atoms with Gasteiger partial charge >= 0.3 is 18.3 Å². The molecule has 2 aromatic rings. The maximum Gasteiger partial charge on any atom is 0.455 e. The fourth-order valence-corrected chi connectivity index (χ4v) is 2.61. The van der Waals surface area contributed by atoms with Gasteiger partial charge in [0.05, 0.1) is 5.56 Å².